The van der Waals surface area contributed by atoms with Crippen molar-refractivity contribution in [3.63, 3.8) is 0 Å². The van der Waals surface area contributed by atoms with Gasteiger partial charge in [0.15, 0.2) is 0 Å². The van der Waals surface area contributed by atoms with Gasteiger partial charge in [-0.05, 0) is 17.7 Å². The SMILES string of the molecule is COC(=O)c1cc(CO)ccc1F. The lowest BCUT2D eigenvalue weighted by molar-refractivity contribution is 0.0595. The third-order valence-corrected chi connectivity index (χ3v) is 1.62. The van der Waals surface area contributed by atoms with E-state index >= 15 is 0 Å². The van der Waals surface area contributed by atoms with E-state index in [1.165, 1.54) is 19.2 Å². The average molecular weight is 184 g/mol. The van der Waals surface area contributed by atoms with Gasteiger partial charge >= 0.3 is 5.97 Å². The highest BCUT2D eigenvalue weighted by molar-refractivity contribution is 5.89. The molecule has 0 unspecified atom stereocenters. The first kappa shape index (κ1) is 9.67. The van der Waals surface area contributed by atoms with Crippen LogP contribution >= 0.6 is 0 Å². The molecule has 0 aromatic heterocycles. The van der Waals surface area contributed by atoms with Crippen molar-refractivity contribution < 1.29 is 19.0 Å². The summed E-state index contributed by atoms with van der Waals surface area (Å²) in [6.07, 6.45) is 0. The number of halogens is 1. The molecule has 0 heterocycles. The Balaban J connectivity index is 3.11. The van der Waals surface area contributed by atoms with Crippen LogP contribution in [0.15, 0.2) is 18.2 Å². The van der Waals surface area contributed by atoms with Crippen LogP contribution < -0.4 is 0 Å². The van der Waals surface area contributed by atoms with E-state index in [2.05, 4.69) is 4.74 Å². The van der Waals surface area contributed by atoms with E-state index < -0.39 is 11.8 Å². The highest BCUT2D eigenvalue weighted by Gasteiger charge is 2.11. The minimum absolute atomic E-state index is 0.158. The predicted molar refractivity (Wildman–Crippen MR) is 43.7 cm³/mol. The fraction of sp³-hybridized carbons (Fsp3) is 0.222. The van der Waals surface area contributed by atoms with Gasteiger partial charge in [0.25, 0.3) is 0 Å². The van der Waals surface area contributed by atoms with Crippen molar-refractivity contribution in [3.8, 4) is 0 Å². The number of benzene rings is 1. The summed E-state index contributed by atoms with van der Waals surface area (Å²) in [7, 11) is 1.17. The first-order valence-electron chi connectivity index (χ1n) is 3.66. The number of rotatable bonds is 2. The molecule has 1 N–H and O–H groups in total. The summed E-state index contributed by atoms with van der Waals surface area (Å²) in [6.45, 7) is -0.232. The molecule has 0 aliphatic rings. The first-order chi connectivity index (χ1) is 6.19. The van der Waals surface area contributed by atoms with E-state index in [9.17, 15) is 9.18 Å². The number of hydrogen-bond acceptors (Lipinski definition) is 3. The van der Waals surface area contributed by atoms with Crippen molar-refractivity contribution in [2.75, 3.05) is 7.11 Å². The van der Waals surface area contributed by atoms with Gasteiger partial charge in [-0.25, -0.2) is 9.18 Å². The largest absolute Gasteiger partial charge is 0.465 e. The van der Waals surface area contributed by atoms with Gasteiger partial charge in [0.1, 0.15) is 5.82 Å². The average Bonchev–Trinajstić information content (AvgIpc) is 2.17. The van der Waals surface area contributed by atoms with Crippen molar-refractivity contribution in [3.05, 3.63) is 35.1 Å². The Hall–Kier alpha value is -1.42. The van der Waals surface area contributed by atoms with Crippen molar-refractivity contribution in [2.45, 2.75) is 6.61 Å². The molecule has 0 aliphatic heterocycles. The molecule has 0 spiro atoms. The van der Waals surface area contributed by atoms with Crippen LogP contribution in [0.3, 0.4) is 0 Å². The first-order valence-corrected chi connectivity index (χ1v) is 3.66. The molecule has 0 fully saturated rings. The third-order valence-electron chi connectivity index (χ3n) is 1.62. The number of esters is 1. The lowest BCUT2D eigenvalue weighted by Gasteiger charge is -2.02. The van der Waals surface area contributed by atoms with Crippen LogP contribution in [0, 0.1) is 5.82 Å². The van der Waals surface area contributed by atoms with Crippen LogP contribution in [0.25, 0.3) is 0 Å². The maximum atomic E-state index is 13.0. The number of hydrogen-bond donors (Lipinski definition) is 1. The zero-order chi connectivity index (χ0) is 9.84. The normalized spacial score (nSPS) is 9.77. The van der Waals surface area contributed by atoms with Crippen LogP contribution in [0.4, 0.5) is 4.39 Å². The number of carbonyl (C=O) groups excluding carboxylic acids is 1. The quantitative estimate of drug-likeness (QED) is 0.700. The monoisotopic (exact) mass is 184 g/mol. The number of ether oxygens (including phenoxy) is 1. The fourth-order valence-electron chi connectivity index (χ4n) is 0.937. The van der Waals surface area contributed by atoms with Crippen LogP contribution in [0.5, 0.6) is 0 Å². The fourth-order valence-corrected chi connectivity index (χ4v) is 0.937. The Kier molecular flexibility index (Phi) is 2.97. The molecule has 1 aromatic rings. The van der Waals surface area contributed by atoms with Crippen molar-refractivity contribution in [1.82, 2.24) is 0 Å². The Labute approximate surface area is 74.8 Å². The molecule has 0 atom stereocenters. The Morgan fingerprint density at radius 2 is 2.31 bits per heavy atom. The lowest BCUT2D eigenvalue weighted by Crippen LogP contribution is -2.05. The Bertz CT molecular complexity index is 323. The Morgan fingerprint density at radius 3 is 2.85 bits per heavy atom. The minimum Gasteiger partial charge on any atom is -0.465 e. The maximum absolute atomic E-state index is 13.0. The highest BCUT2D eigenvalue weighted by Crippen LogP contribution is 2.11. The summed E-state index contributed by atoms with van der Waals surface area (Å²) < 4.78 is 17.3. The van der Waals surface area contributed by atoms with Crippen molar-refractivity contribution in [1.29, 1.82) is 0 Å². The molecule has 0 saturated heterocycles. The summed E-state index contributed by atoms with van der Waals surface area (Å²) in [5.74, 6) is -1.39. The summed E-state index contributed by atoms with van der Waals surface area (Å²) in [6, 6.07) is 3.79. The van der Waals surface area contributed by atoms with Crippen LogP contribution in [0.2, 0.25) is 0 Å². The predicted octanol–water partition coefficient (Wildman–Crippen LogP) is 1.10. The highest BCUT2D eigenvalue weighted by atomic mass is 19.1. The van der Waals surface area contributed by atoms with Crippen molar-refractivity contribution in [2.24, 2.45) is 0 Å². The second kappa shape index (κ2) is 4.00. The van der Waals surface area contributed by atoms with E-state index in [1.807, 2.05) is 0 Å². The molecule has 0 saturated carbocycles. The van der Waals surface area contributed by atoms with Crippen LogP contribution in [-0.4, -0.2) is 18.2 Å². The molecule has 4 heteroatoms. The van der Waals surface area contributed by atoms with E-state index in [-0.39, 0.29) is 12.2 Å². The summed E-state index contributed by atoms with van der Waals surface area (Å²) in [4.78, 5) is 11.0. The molecule has 3 nitrogen and oxygen atoms in total. The second-order valence-electron chi connectivity index (χ2n) is 2.46. The number of aliphatic hydroxyl groups is 1. The van der Waals surface area contributed by atoms with Gasteiger partial charge in [-0.3, -0.25) is 0 Å². The van der Waals surface area contributed by atoms with Crippen LogP contribution in [0.1, 0.15) is 15.9 Å². The minimum atomic E-state index is -0.743. The number of methoxy groups -OCH3 is 1. The molecule has 1 aromatic carbocycles. The summed E-state index contributed by atoms with van der Waals surface area (Å²) in [5, 5.41) is 8.73. The van der Waals surface area contributed by atoms with Gasteiger partial charge in [0, 0.05) is 0 Å². The van der Waals surface area contributed by atoms with E-state index in [0.717, 1.165) is 6.07 Å². The van der Waals surface area contributed by atoms with E-state index in [1.54, 1.807) is 0 Å². The van der Waals surface area contributed by atoms with Gasteiger partial charge in [-0.2, -0.15) is 0 Å². The number of aliphatic hydroxyl groups excluding tert-OH is 1. The number of carbonyl (C=O) groups is 1. The molecular weight excluding hydrogens is 175 g/mol. The topological polar surface area (TPSA) is 46.5 Å². The molecule has 70 valence electrons. The summed E-state index contributed by atoms with van der Waals surface area (Å²) in [5.41, 5.74) is 0.316. The third kappa shape index (κ3) is 2.03. The van der Waals surface area contributed by atoms with Gasteiger partial charge in [0.05, 0.1) is 19.3 Å². The zero-order valence-corrected chi connectivity index (χ0v) is 7.08. The zero-order valence-electron chi connectivity index (χ0n) is 7.08. The van der Waals surface area contributed by atoms with Gasteiger partial charge in [0.2, 0.25) is 0 Å². The van der Waals surface area contributed by atoms with Gasteiger partial charge in [-0.15, -0.1) is 0 Å². The molecular formula is C9H9FO3. The molecule has 1 rings (SSSR count). The van der Waals surface area contributed by atoms with E-state index in [0.29, 0.717) is 5.56 Å². The smallest absolute Gasteiger partial charge is 0.340 e. The molecule has 0 radical (unpaired) electrons. The van der Waals surface area contributed by atoms with Gasteiger partial charge in [-0.1, -0.05) is 6.07 Å². The van der Waals surface area contributed by atoms with E-state index in [4.69, 9.17) is 5.11 Å². The molecule has 0 amide bonds. The Morgan fingerprint density at radius 1 is 1.62 bits per heavy atom. The van der Waals surface area contributed by atoms with Crippen molar-refractivity contribution >= 4 is 5.97 Å². The maximum Gasteiger partial charge on any atom is 0.340 e. The second-order valence-corrected chi connectivity index (χ2v) is 2.46. The summed E-state index contributed by atoms with van der Waals surface area (Å²) >= 11 is 0. The van der Waals surface area contributed by atoms with Gasteiger partial charge < -0.3 is 9.84 Å². The lowest BCUT2D eigenvalue weighted by atomic mass is 10.1. The molecule has 0 bridgehead atoms. The molecule has 0 aliphatic carbocycles. The standard InChI is InChI=1S/C9H9FO3/c1-13-9(12)7-4-6(5-11)2-3-8(7)10/h2-4,11H,5H2,1H3. The molecule has 13 heavy (non-hydrogen) atoms. The van der Waals surface area contributed by atoms with Crippen LogP contribution in [-0.2, 0) is 11.3 Å².